The molecule has 0 amide bonds. The molecule has 0 spiro atoms. The summed E-state index contributed by atoms with van der Waals surface area (Å²) in [5, 5.41) is 0. The summed E-state index contributed by atoms with van der Waals surface area (Å²) in [4.78, 5) is 11.3. The highest BCUT2D eigenvalue weighted by atomic mass is 28.2. The summed E-state index contributed by atoms with van der Waals surface area (Å²) in [7, 11) is 0.380. The first kappa shape index (κ1) is 14.6. The van der Waals surface area contributed by atoms with Gasteiger partial charge in [0.2, 0.25) is 10.5 Å². The zero-order chi connectivity index (χ0) is 11.5. The molecule has 15 heavy (non-hydrogen) atoms. The average molecular weight is 234 g/mol. The van der Waals surface area contributed by atoms with Crippen LogP contribution in [0.2, 0.25) is 0 Å². The van der Waals surface area contributed by atoms with Crippen molar-refractivity contribution in [3.05, 3.63) is 0 Å². The maximum absolute atomic E-state index is 11.3. The van der Waals surface area contributed by atoms with E-state index < -0.39 is 12.3 Å². The van der Waals surface area contributed by atoms with Crippen molar-refractivity contribution >= 4 is 16.5 Å². The minimum atomic E-state index is -0.819. The van der Waals surface area contributed by atoms with Gasteiger partial charge in [0.1, 0.15) is 0 Å². The van der Waals surface area contributed by atoms with Crippen molar-refractivity contribution in [2.75, 3.05) is 13.2 Å². The first-order chi connectivity index (χ1) is 7.26. The van der Waals surface area contributed by atoms with Crippen LogP contribution in [0.5, 0.6) is 0 Å². The molecular formula is C10H22O4Si. The molecule has 0 atom stereocenters. The van der Waals surface area contributed by atoms with Gasteiger partial charge >= 0.3 is 5.97 Å². The van der Waals surface area contributed by atoms with Gasteiger partial charge in [-0.15, -0.1) is 0 Å². The van der Waals surface area contributed by atoms with Crippen molar-refractivity contribution in [2.24, 2.45) is 0 Å². The van der Waals surface area contributed by atoms with Crippen molar-refractivity contribution in [1.82, 2.24) is 0 Å². The van der Waals surface area contributed by atoms with Crippen LogP contribution in [0.15, 0.2) is 0 Å². The lowest BCUT2D eigenvalue weighted by atomic mass is 10.3. The van der Waals surface area contributed by atoms with Crippen LogP contribution in [0.4, 0.5) is 0 Å². The molecule has 0 fully saturated rings. The fraction of sp³-hybridized carbons (Fsp3) is 0.900. The monoisotopic (exact) mass is 234 g/mol. The Bertz CT molecular complexity index is 154. The fourth-order valence-electron chi connectivity index (χ4n) is 0.950. The fourth-order valence-corrected chi connectivity index (χ4v) is 1.14. The smallest absolute Gasteiger partial charge is 0.349 e. The van der Waals surface area contributed by atoms with Gasteiger partial charge in [-0.2, -0.15) is 0 Å². The molecule has 0 aromatic heterocycles. The van der Waals surface area contributed by atoms with E-state index in [9.17, 15) is 4.79 Å². The quantitative estimate of drug-likeness (QED) is 0.336. The summed E-state index contributed by atoms with van der Waals surface area (Å²) in [6.45, 7) is 5.23. The van der Waals surface area contributed by atoms with Crippen LogP contribution < -0.4 is 0 Å². The Labute approximate surface area is 94.8 Å². The van der Waals surface area contributed by atoms with E-state index in [1.165, 1.54) is 0 Å². The highest BCUT2D eigenvalue weighted by Crippen LogP contribution is 2.02. The van der Waals surface area contributed by atoms with Crippen molar-refractivity contribution in [3.63, 3.8) is 0 Å². The summed E-state index contributed by atoms with van der Waals surface area (Å²) in [6, 6.07) is 0. The van der Waals surface area contributed by atoms with Gasteiger partial charge in [0.15, 0.2) is 0 Å². The second-order valence-corrected chi connectivity index (χ2v) is 3.71. The molecule has 5 heteroatoms. The summed E-state index contributed by atoms with van der Waals surface area (Å²) >= 11 is 0. The van der Waals surface area contributed by atoms with E-state index in [4.69, 9.17) is 13.9 Å². The molecule has 0 heterocycles. The Morgan fingerprint density at radius 1 is 1.13 bits per heavy atom. The average Bonchev–Trinajstić information content (AvgIpc) is 2.26. The molecule has 90 valence electrons. The molecule has 0 aliphatic carbocycles. The predicted molar refractivity (Wildman–Crippen MR) is 61.5 cm³/mol. The van der Waals surface area contributed by atoms with Crippen molar-refractivity contribution in [2.45, 2.75) is 45.8 Å². The van der Waals surface area contributed by atoms with Gasteiger partial charge in [-0.05, 0) is 12.8 Å². The van der Waals surface area contributed by atoms with E-state index >= 15 is 0 Å². The molecular weight excluding hydrogens is 212 g/mol. The highest BCUT2D eigenvalue weighted by molar-refractivity contribution is 6.05. The first-order valence-corrected chi connectivity index (χ1v) is 6.38. The second-order valence-electron chi connectivity index (χ2n) is 3.30. The largest absolute Gasteiger partial charge is 0.525 e. The molecule has 0 bridgehead atoms. The Morgan fingerprint density at radius 3 is 1.93 bits per heavy atom. The number of hydrogen-bond acceptors (Lipinski definition) is 4. The van der Waals surface area contributed by atoms with Crippen molar-refractivity contribution < 1.29 is 18.7 Å². The minimum Gasteiger partial charge on any atom is -0.525 e. The molecule has 0 aliphatic rings. The van der Waals surface area contributed by atoms with Crippen LogP contribution in [-0.4, -0.2) is 36.0 Å². The molecule has 0 saturated heterocycles. The lowest BCUT2D eigenvalue weighted by molar-refractivity contribution is -0.186. The van der Waals surface area contributed by atoms with E-state index in [2.05, 4.69) is 13.8 Å². The second kappa shape index (κ2) is 10.1. The van der Waals surface area contributed by atoms with Crippen LogP contribution >= 0.6 is 0 Å². The van der Waals surface area contributed by atoms with Gasteiger partial charge in [0.25, 0.3) is 6.29 Å². The number of unbranched alkanes of at least 4 members (excludes halogenated alkanes) is 2. The van der Waals surface area contributed by atoms with Crippen molar-refractivity contribution in [3.8, 4) is 0 Å². The maximum atomic E-state index is 11.3. The zero-order valence-corrected chi connectivity index (χ0v) is 12.0. The molecule has 4 nitrogen and oxygen atoms in total. The van der Waals surface area contributed by atoms with E-state index in [-0.39, 0.29) is 0 Å². The Hall–Kier alpha value is -0.393. The molecule has 0 N–H and O–H groups in total. The van der Waals surface area contributed by atoms with E-state index in [1.54, 1.807) is 0 Å². The SMILES string of the molecule is CCCCOC(OCCCC)C(=O)O[SiH3]. The molecule has 0 radical (unpaired) electrons. The van der Waals surface area contributed by atoms with Crippen LogP contribution in [0.3, 0.4) is 0 Å². The van der Waals surface area contributed by atoms with Crippen LogP contribution in [0.1, 0.15) is 39.5 Å². The molecule has 0 saturated carbocycles. The lowest BCUT2D eigenvalue weighted by Crippen LogP contribution is -2.29. The Balaban J connectivity index is 3.79. The van der Waals surface area contributed by atoms with E-state index in [1.807, 2.05) is 0 Å². The standard InChI is InChI=1S/C10H22O4Si/c1-3-5-7-12-10(9(11)14-15)13-8-6-4-2/h10H,3-8H2,1-2,15H3. The molecule has 0 aliphatic heterocycles. The number of rotatable bonds is 9. The van der Waals surface area contributed by atoms with Gasteiger partial charge < -0.3 is 13.9 Å². The molecule has 0 aromatic carbocycles. The summed E-state index contributed by atoms with van der Waals surface area (Å²) in [6.07, 6.45) is 3.12. The van der Waals surface area contributed by atoms with Gasteiger partial charge in [-0.25, -0.2) is 4.79 Å². The molecule has 0 unspecified atom stereocenters. The number of carbonyl (C=O) groups excluding carboxylic acids is 1. The van der Waals surface area contributed by atoms with Gasteiger partial charge in [0.05, 0.1) is 13.2 Å². The van der Waals surface area contributed by atoms with Crippen LogP contribution in [-0.2, 0) is 18.7 Å². The first-order valence-electron chi connectivity index (χ1n) is 5.57. The van der Waals surface area contributed by atoms with Gasteiger partial charge in [-0.1, -0.05) is 26.7 Å². The summed E-state index contributed by atoms with van der Waals surface area (Å²) in [5.41, 5.74) is 0. The maximum Gasteiger partial charge on any atom is 0.349 e. The Morgan fingerprint density at radius 2 is 1.60 bits per heavy atom. The van der Waals surface area contributed by atoms with E-state index in [0.717, 1.165) is 25.7 Å². The summed E-state index contributed by atoms with van der Waals surface area (Å²) in [5.74, 6) is -0.395. The van der Waals surface area contributed by atoms with Crippen LogP contribution in [0, 0.1) is 0 Å². The number of carbonyl (C=O) groups is 1. The van der Waals surface area contributed by atoms with Gasteiger partial charge in [-0.3, -0.25) is 0 Å². The third kappa shape index (κ3) is 7.53. The van der Waals surface area contributed by atoms with E-state index in [0.29, 0.717) is 23.7 Å². The predicted octanol–water partition coefficient (Wildman–Crippen LogP) is 0.769. The number of hydrogen-bond donors (Lipinski definition) is 0. The topological polar surface area (TPSA) is 44.8 Å². The third-order valence-electron chi connectivity index (χ3n) is 1.93. The van der Waals surface area contributed by atoms with Crippen molar-refractivity contribution in [1.29, 1.82) is 0 Å². The normalized spacial score (nSPS) is 10.9. The number of ether oxygens (including phenoxy) is 2. The van der Waals surface area contributed by atoms with Gasteiger partial charge in [0, 0.05) is 0 Å². The third-order valence-corrected chi connectivity index (χ3v) is 2.33. The summed E-state index contributed by atoms with van der Waals surface area (Å²) < 4.78 is 15.3. The molecule has 0 aromatic rings. The Kier molecular flexibility index (Phi) is 9.87. The van der Waals surface area contributed by atoms with Crippen LogP contribution in [0.25, 0.3) is 0 Å². The highest BCUT2D eigenvalue weighted by Gasteiger charge is 2.19. The minimum absolute atomic E-state index is 0.380. The molecule has 0 rings (SSSR count). The lowest BCUT2D eigenvalue weighted by Gasteiger charge is -2.16. The zero-order valence-electron chi connectivity index (χ0n) is 9.95.